The van der Waals surface area contributed by atoms with Crippen molar-refractivity contribution in [2.75, 3.05) is 11.9 Å². The van der Waals surface area contributed by atoms with Crippen LogP contribution in [-0.4, -0.2) is 12.5 Å². The molecule has 1 amide bonds. The number of ether oxygens (including phenoxy) is 1. The van der Waals surface area contributed by atoms with E-state index in [1.807, 2.05) is 32.0 Å². The summed E-state index contributed by atoms with van der Waals surface area (Å²) in [7, 11) is 0. The van der Waals surface area contributed by atoms with Crippen molar-refractivity contribution >= 4 is 11.6 Å². The highest BCUT2D eigenvalue weighted by Crippen LogP contribution is 2.27. The second kappa shape index (κ2) is 4.65. The number of rotatable bonds is 3. The molecular formula is C11H15NO2. The molecule has 0 saturated carbocycles. The third-order valence-electron chi connectivity index (χ3n) is 1.84. The number of benzene rings is 1. The van der Waals surface area contributed by atoms with Crippen LogP contribution in [0, 0.1) is 6.92 Å². The third kappa shape index (κ3) is 2.49. The fraction of sp³-hybridized carbons (Fsp3) is 0.364. The highest BCUT2D eigenvalue weighted by atomic mass is 16.5. The normalized spacial score (nSPS) is 9.64. The van der Waals surface area contributed by atoms with E-state index >= 15 is 0 Å². The minimum atomic E-state index is -0.0831. The number of hydrogen-bond donors (Lipinski definition) is 1. The van der Waals surface area contributed by atoms with E-state index in [-0.39, 0.29) is 5.91 Å². The zero-order valence-corrected chi connectivity index (χ0v) is 8.76. The van der Waals surface area contributed by atoms with Crippen LogP contribution in [0.2, 0.25) is 0 Å². The number of amides is 1. The molecule has 14 heavy (non-hydrogen) atoms. The van der Waals surface area contributed by atoms with E-state index < -0.39 is 0 Å². The van der Waals surface area contributed by atoms with Crippen molar-refractivity contribution in [3.05, 3.63) is 23.8 Å². The maximum Gasteiger partial charge on any atom is 0.221 e. The summed E-state index contributed by atoms with van der Waals surface area (Å²) in [6, 6.07) is 5.70. The average Bonchev–Trinajstić information content (AvgIpc) is 2.11. The molecule has 0 aliphatic heterocycles. The molecule has 0 saturated heterocycles. The van der Waals surface area contributed by atoms with E-state index in [9.17, 15) is 4.79 Å². The van der Waals surface area contributed by atoms with Crippen molar-refractivity contribution in [2.24, 2.45) is 0 Å². The Morgan fingerprint density at radius 3 is 2.79 bits per heavy atom. The first-order valence-corrected chi connectivity index (χ1v) is 4.65. The van der Waals surface area contributed by atoms with Gasteiger partial charge in [0, 0.05) is 6.92 Å². The molecule has 0 aromatic heterocycles. The maximum atomic E-state index is 11.0. The predicted molar refractivity (Wildman–Crippen MR) is 56.7 cm³/mol. The van der Waals surface area contributed by atoms with Gasteiger partial charge in [-0.2, -0.15) is 0 Å². The molecule has 1 N–H and O–H groups in total. The van der Waals surface area contributed by atoms with Crippen molar-refractivity contribution in [2.45, 2.75) is 20.8 Å². The molecule has 1 aromatic rings. The highest BCUT2D eigenvalue weighted by molar-refractivity contribution is 5.91. The lowest BCUT2D eigenvalue weighted by Crippen LogP contribution is -2.09. The number of anilines is 1. The lowest BCUT2D eigenvalue weighted by Gasteiger charge is -2.12. The lowest BCUT2D eigenvalue weighted by molar-refractivity contribution is -0.114. The van der Waals surface area contributed by atoms with Crippen LogP contribution in [-0.2, 0) is 4.79 Å². The summed E-state index contributed by atoms with van der Waals surface area (Å²) in [4.78, 5) is 11.0. The van der Waals surface area contributed by atoms with Crippen LogP contribution >= 0.6 is 0 Å². The molecule has 1 aromatic carbocycles. The predicted octanol–water partition coefficient (Wildman–Crippen LogP) is 2.35. The SMILES string of the molecule is CCOc1cccc(C)c1NC(C)=O. The van der Waals surface area contributed by atoms with Gasteiger partial charge in [-0.1, -0.05) is 12.1 Å². The molecular weight excluding hydrogens is 178 g/mol. The van der Waals surface area contributed by atoms with Gasteiger partial charge in [-0.25, -0.2) is 0 Å². The molecule has 0 bridgehead atoms. The van der Waals surface area contributed by atoms with Gasteiger partial charge in [-0.15, -0.1) is 0 Å². The van der Waals surface area contributed by atoms with Gasteiger partial charge < -0.3 is 10.1 Å². The van der Waals surface area contributed by atoms with E-state index in [1.54, 1.807) is 0 Å². The molecule has 76 valence electrons. The van der Waals surface area contributed by atoms with Crippen molar-refractivity contribution in [3.8, 4) is 5.75 Å². The number of nitrogens with one attached hydrogen (secondary N) is 1. The summed E-state index contributed by atoms with van der Waals surface area (Å²) >= 11 is 0. The van der Waals surface area contributed by atoms with E-state index in [0.29, 0.717) is 6.61 Å². The van der Waals surface area contributed by atoms with Gasteiger partial charge in [-0.05, 0) is 25.5 Å². The Labute approximate surface area is 84.1 Å². The van der Waals surface area contributed by atoms with Crippen LogP contribution in [0.5, 0.6) is 5.75 Å². The summed E-state index contributed by atoms with van der Waals surface area (Å²) in [5.74, 6) is 0.642. The first kappa shape index (κ1) is 10.6. The number of aryl methyl sites for hydroxylation is 1. The van der Waals surface area contributed by atoms with Gasteiger partial charge in [0.15, 0.2) is 0 Å². The molecule has 0 unspecified atom stereocenters. The second-order valence-electron chi connectivity index (χ2n) is 3.06. The first-order valence-electron chi connectivity index (χ1n) is 4.65. The Balaban J connectivity index is 3.02. The first-order chi connectivity index (χ1) is 6.65. The molecule has 0 heterocycles. The molecule has 3 heteroatoms. The van der Waals surface area contributed by atoms with E-state index in [2.05, 4.69) is 5.32 Å². The van der Waals surface area contributed by atoms with Crippen LogP contribution in [0.3, 0.4) is 0 Å². The largest absolute Gasteiger partial charge is 0.492 e. The van der Waals surface area contributed by atoms with Gasteiger partial charge in [0.25, 0.3) is 0 Å². The van der Waals surface area contributed by atoms with E-state index in [1.165, 1.54) is 6.92 Å². The Bertz CT molecular complexity index is 334. The smallest absolute Gasteiger partial charge is 0.221 e. The Morgan fingerprint density at radius 1 is 1.50 bits per heavy atom. The Morgan fingerprint density at radius 2 is 2.21 bits per heavy atom. The Hall–Kier alpha value is -1.51. The van der Waals surface area contributed by atoms with Gasteiger partial charge >= 0.3 is 0 Å². The molecule has 1 rings (SSSR count). The molecule has 0 aliphatic rings. The van der Waals surface area contributed by atoms with Crippen LogP contribution in [0.4, 0.5) is 5.69 Å². The van der Waals surface area contributed by atoms with Crippen LogP contribution in [0.25, 0.3) is 0 Å². The zero-order chi connectivity index (χ0) is 10.6. The minimum Gasteiger partial charge on any atom is -0.492 e. The summed E-state index contributed by atoms with van der Waals surface area (Å²) in [6.07, 6.45) is 0. The zero-order valence-electron chi connectivity index (χ0n) is 8.76. The highest BCUT2D eigenvalue weighted by Gasteiger charge is 2.06. The quantitative estimate of drug-likeness (QED) is 0.800. The van der Waals surface area contributed by atoms with Crippen LogP contribution in [0.15, 0.2) is 18.2 Å². The summed E-state index contributed by atoms with van der Waals surface area (Å²) in [5, 5.41) is 2.76. The summed E-state index contributed by atoms with van der Waals surface area (Å²) in [5.41, 5.74) is 1.77. The molecule has 0 spiro atoms. The topological polar surface area (TPSA) is 38.3 Å². The molecule has 0 radical (unpaired) electrons. The van der Waals surface area contributed by atoms with Crippen molar-refractivity contribution in [1.82, 2.24) is 0 Å². The Kier molecular flexibility index (Phi) is 3.51. The molecule has 0 fully saturated rings. The van der Waals surface area contributed by atoms with Gasteiger partial charge in [0.2, 0.25) is 5.91 Å². The van der Waals surface area contributed by atoms with Crippen molar-refractivity contribution in [3.63, 3.8) is 0 Å². The number of para-hydroxylation sites is 1. The van der Waals surface area contributed by atoms with Crippen LogP contribution < -0.4 is 10.1 Å². The third-order valence-corrected chi connectivity index (χ3v) is 1.84. The lowest BCUT2D eigenvalue weighted by atomic mass is 10.2. The molecule has 0 aliphatic carbocycles. The summed E-state index contributed by atoms with van der Waals surface area (Å²) in [6.45, 7) is 5.94. The minimum absolute atomic E-state index is 0.0831. The van der Waals surface area contributed by atoms with Crippen molar-refractivity contribution < 1.29 is 9.53 Å². The fourth-order valence-electron chi connectivity index (χ4n) is 1.25. The van der Waals surface area contributed by atoms with Gasteiger partial charge in [0.05, 0.1) is 12.3 Å². The van der Waals surface area contributed by atoms with Gasteiger partial charge in [-0.3, -0.25) is 4.79 Å². The number of carbonyl (C=O) groups is 1. The monoisotopic (exact) mass is 193 g/mol. The van der Waals surface area contributed by atoms with E-state index in [0.717, 1.165) is 17.0 Å². The van der Waals surface area contributed by atoms with E-state index in [4.69, 9.17) is 4.74 Å². The van der Waals surface area contributed by atoms with Crippen LogP contribution in [0.1, 0.15) is 19.4 Å². The molecule has 0 atom stereocenters. The summed E-state index contributed by atoms with van der Waals surface area (Å²) < 4.78 is 5.40. The van der Waals surface area contributed by atoms with Crippen molar-refractivity contribution in [1.29, 1.82) is 0 Å². The average molecular weight is 193 g/mol. The number of carbonyl (C=O) groups excluding carboxylic acids is 1. The fourth-order valence-corrected chi connectivity index (χ4v) is 1.25. The molecule has 3 nitrogen and oxygen atoms in total. The standard InChI is InChI=1S/C11H15NO2/c1-4-14-10-7-5-6-8(2)11(10)12-9(3)13/h5-7H,4H2,1-3H3,(H,12,13). The maximum absolute atomic E-state index is 11.0. The van der Waals surface area contributed by atoms with Gasteiger partial charge in [0.1, 0.15) is 5.75 Å². The second-order valence-corrected chi connectivity index (χ2v) is 3.06. The number of hydrogen-bond acceptors (Lipinski definition) is 2.